The summed E-state index contributed by atoms with van der Waals surface area (Å²) in [6, 6.07) is 6.12. The van der Waals surface area contributed by atoms with Crippen molar-refractivity contribution in [3.63, 3.8) is 0 Å². The summed E-state index contributed by atoms with van der Waals surface area (Å²) >= 11 is 0. The van der Waals surface area contributed by atoms with Crippen molar-refractivity contribution in [2.24, 2.45) is 0 Å². The van der Waals surface area contributed by atoms with E-state index >= 15 is 0 Å². The molecule has 1 heterocycles. The Morgan fingerprint density at radius 1 is 1.03 bits per heavy atom. The van der Waals surface area contributed by atoms with Gasteiger partial charge in [0.15, 0.2) is 0 Å². The second-order valence-electron chi connectivity index (χ2n) is 8.17. The number of nitrogens with zero attached hydrogens (tertiary/aromatic N) is 1. The molecule has 0 radical (unpaired) electrons. The summed E-state index contributed by atoms with van der Waals surface area (Å²) in [6.07, 6.45) is 7.34. The lowest BCUT2D eigenvalue weighted by Gasteiger charge is -2.17. The van der Waals surface area contributed by atoms with Crippen molar-refractivity contribution in [3.05, 3.63) is 35.0 Å². The minimum absolute atomic E-state index is 0.0176. The number of carbonyl (C=O) groups excluding carboxylic acids is 1. The standard InChI is InChI=1S/C24H38N3O4P/c1-4-27-22-13-9-8-12-20(22)21-18-19(14-15-23(21)27)24(28)25-16-10-7-11-17-26-32(29,30-5-2)31-6-3/h14-15,18H,4-13,16-17H2,1-3H3,(H,25,28)(H,26,29). The summed E-state index contributed by atoms with van der Waals surface area (Å²) in [5.41, 5.74) is 4.87. The Balaban J connectivity index is 1.47. The molecule has 0 fully saturated rings. The molecule has 0 bridgehead atoms. The molecule has 2 aromatic rings. The molecule has 0 aliphatic heterocycles. The van der Waals surface area contributed by atoms with Gasteiger partial charge in [-0.05, 0) is 83.1 Å². The smallest absolute Gasteiger partial charge is 0.352 e. The maximum atomic E-state index is 12.7. The van der Waals surface area contributed by atoms with Gasteiger partial charge in [0.05, 0.1) is 13.2 Å². The Bertz CT molecular complexity index is 946. The Kier molecular flexibility index (Phi) is 9.35. The van der Waals surface area contributed by atoms with Gasteiger partial charge in [-0.25, -0.2) is 9.65 Å². The molecule has 178 valence electrons. The van der Waals surface area contributed by atoms with E-state index in [9.17, 15) is 9.36 Å². The summed E-state index contributed by atoms with van der Waals surface area (Å²) in [4.78, 5) is 12.7. The van der Waals surface area contributed by atoms with E-state index in [2.05, 4.69) is 34.0 Å². The molecule has 7 nitrogen and oxygen atoms in total. The molecule has 0 unspecified atom stereocenters. The first-order chi connectivity index (χ1) is 15.5. The van der Waals surface area contributed by atoms with Crippen LogP contribution in [0.1, 0.15) is 74.5 Å². The number of nitrogens with one attached hydrogen (secondary N) is 2. The van der Waals surface area contributed by atoms with Crippen molar-refractivity contribution in [1.82, 2.24) is 15.0 Å². The molecule has 1 aliphatic carbocycles. The molecule has 3 rings (SSSR count). The van der Waals surface area contributed by atoms with Crippen molar-refractivity contribution in [1.29, 1.82) is 0 Å². The fraction of sp³-hybridized carbons (Fsp3) is 0.625. The van der Waals surface area contributed by atoms with Crippen LogP contribution in [0.4, 0.5) is 0 Å². The van der Waals surface area contributed by atoms with Crippen LogP contribution in [-0.2, 0) is 33.0 Å². The third-order valence-corrected chi connectivity index (χ3v) is 7.81. The number of fused-ring (bicyclic) bond motifs is 3. The molecule has 0 atom stereocenters. The van der Waals surface area contributed by atoms with E-state index in [1.54, 1.807) is 13.8 Å². The van der Waals surface area contributed by atoms with Gasteiger partial charge in [0.2, 0.25) is 0 Å². The Hall–Kier alpha value is -1.66. The third kappa shape index (κ3) is 6.02. The van der Waals surface area contributed by atoms with E-state index in [0.717, 1.165) is 44.2 Å². The highest BCUT2D eigenvalue weighted by atomic mass is 31.2. The van der Waals surface area contributed by atoms with Crippen LogP contribution in [-0.4, -0.2) is 36.8 Å². The molecule has 32 heavy (non-hydrogen) atoms. The van der Waals surface area contributed by atoms with E-state index in [1.807, 2.05) is 6.07 Å². The Morgan fingerprint density at radius 3 is 2.47 bits per heavy atom. The lowest BCUT2D eigenvalue weighted by Crippen LogP contribution is -2.24. The zero-order chi connectivity index (χ0) is 23.0. The average Bonchev–Trinajstić information content (AvgIpc) is 3.11. The van der Waals surface area contributed by atoms with Gasteiger partial charge in [-0.2, -0.15) is 0 Å². The SMILES string of the molecule is CCOP(=O)(NCCCCCNC(=O)c1ccc2c(c1)c1c(n2CC)CCCC1)OCC. The van der Waals surface area contributed by atoms with Crippen molar-refractivity contribution in [2.45, 2.75) is 72.3 Å². The summed E-state index contributed by atoms with van der Waals surface area (Å²) in [5.74, 6) is -0.0176. The first kappa shape index (κ1) is 25.0. The van der Waals surface area contributed by atoms with Gasteiger partial charge in [0.25, 0.3) is 5.91 Å². The Labute approximate surface area is 191 Å². The van der Waals surface area contributed by atoms with Crippen LogP contribution in [0.2, 0.25) is 0 Å². The third-order valence-electron chi connectivity index (χ3n) is 6.00. The van der Waals surface area contributed by atoms with Crippen molar-refractivity contribution in [3.8, 4) is 0 Å². The van der Waals surface area contributed by atoms with Gasteiger partial charge in [-0.1, -0.05) is 6.42 Å². The van der Waals surface area contributed by atoms with Crippen LogP contribution in [0.15, 0.2) is 18.2 Å². The number of aromatic nitrogens is 1. The number of hydrogen-bond donors (Lipinski definition) is 2. The highest BCUT2D eigenvalue weighted by Gasteiger charge is 2.22. The number of rotatable bonds is 13. The van der Waals surface area contributed by atoms with Crippen LogP contribution in [0, 0.1) is 0 Å². The first-order valence-electron chi connectivity index (χ1n) is 12.1. The first-order valence-corrected chi connectivity index (χ1v) is 13.6. The summed E-state index contributed by atoms with van der Waals surface area (Å²) in [5, 5.41) is 7.18. The summed E-state index contributed by atoms with van der Waals surface area (Å²) < 4.78 is 25.2. The van der Waals surface area contributed by atoms with Crippen molar-refractivity contribution < 1.29 is 18.4 Å². The lowest BCUT2D eigenvalue weighted by molar-refractivity contribution is 0.0953. The van der Waals surface area contributed by atoms with Crippen LogP contribution in [0.5, 0.6) is 0 Å². The van der Waals surface area contributed by atoms with E-state index in [1.165, 1.54) is 35.0 Å². The fourth-order valence-electron chi connectivity index (χ4n) is 4.55. The topological polar surface area (TPSA) is 81.6 Å². The zero-order valence-corrected chi connectivity index (χ0v) is 20.6. The fourth-order valence-corrected chi connectivity index (χ4v) is 5.92. The molecule has 1 aromatic carbocycles. The van der Waals surface area contributed by atoms with Crippen molar-refractivity contribution in [2.75, 3.05) is 26.3 Å². The quantitative estimate of drug-likeness (QED) is 0.315. The van der Waals surface area contributed by atoms with E-state index in [-0.39, 0.29) is 5.91 Å². The normalized spacial score (nSPS) is 14.0. The number of amides is 1. The number of hydrogen-bond acceptors (Lipinski definition) is 4. The highest BCUT2D eigenvalue weighted by molar-refractivity contribution is 7.51. The van der Waals surface area contributed by atoms with E-state index < -0.39 is 7.75 Å². The molecule has 0 saturated heterocycles. The molecule has 0 saturated carbocycles. The minimum atomic E-state index is -3.18. The summed E-state index contributed by atoms with van der Waals surface area (Å²) in [7, 11) is -3.18. The molecule has 1 amide bonds. The molecular weight excluding hydrogens is 425 g/mol. The van der Waals surface area contributed by atoms with Gasteiger partial charge >= 0.3 is 7.75 Å². The number of aryl methyl sites for hydroxylation is 2. The second kappa shape index (κ2) is 12.0. The maximum Gasteiger partial charge on any atom is 0.405 e. The molecule has 1 aromatic heterocycles. The second-order valence-corrected chi connectivity index (χ2v) is 9.99. The zero-order valence-electron chi connectivity index (χ0n) is 19.7. The lowest BCUT2D eigenvalue weighted by atomic mass is 9.95. The largest absolute Gasteiger partial charge is 0.405 e. The molecule has 0 spiro atoms. The van der Waals surface area contributed by atoms with Gasteiger partial charge in [-0.15, -0.1) is 0 Å². The monoisotopic (exact) mass is 463 g/mol. The Morgan fingerprint density at radius 2 is 1.75 bits per heavy atom. The van der Waals surface area contributed by atoms with Crippen LogP contribution < -0.4 is 10.4 Å². The highest BCUT2D eigenvalue weighted by Crippen LogP contribution is 2.43. The van der Waals surface area contributed by atoms with E-state index in [4.69, 9.17) is 9.05 Å². The van der Waals surface area contributed by atoms with Gasteiger partial charge in [0, 0.05) is 41.8 Å². The number of unbranched alkanes of at least 4 members (excludes halogenated alkanes) is 2. The van der Waals surface area contributed by atoms with Crippen LogP contribution in [0.3, 0.4) is 0 Å². The molecular formula is C24H38N3O4P. The summed E-state index contributed by atoms with van der Waals surface area (Å²) in [6.45, 7) is 8.61. The van der Waals surface area contributed by atoms with Gasteiger partial charge in [-0.3, -0.25) is 13.8 Å². The molecule has 8 heteroatoms. The van der Waals surface area contributed by atoms with Gasteiger partial charge in [0.1, 0.15) is 0 Å². The van der Waals surface area contributed by atoms with Gasteiger partial charge < -0.3 is 9.88 Å². The maximum absolute atomic E-state index is 12.7. The number of carbonyl (C=O) groups is 1. The molecule has 2 N–H and O–H groups in total. The van der Waals surface area contributed by atoms with Crippen molar-refractivity contribution >= 4 is 24.6 Å². The number of benzene rings is 1. The van der Waals surface area contributed by atoms with E-state index in [0.29, 0.717) is 26.3 Å². The van der Waals surface area contributed by atoms with Crippen LogP contribution >= 0.6 is 7.75 Å². The minimum Gasteiger partial charge on any atom is -0.352 e. The predicted molar refractivity (Wildman–Crippen MR) is 129 cm³/mol. The predicted octanol–water partition coefficient (Wildman–Crippen LogP) is 5.21. The van der Waals surface area contributed by atoms with Crippen LogP contribution in [0.25, 0.3) is 10.9 Å². The molecule has 1 aliphatic rings. The average molecular weight is 464 g/mol.